The lowest BCUT2D eigenvalue weighted by Crippen LogP contribution is -2.12. The Morgan fingerprint density at radius 1 is 1.11 bits per heavy atom. The summed E-state index contributed by atoms with van der Waals surface area (Å²) in [6.45, 7) is 0. The number of carbonyl (C=O) groups excluding carboxylic acids is 1. The fraction of sp³-hybridized carbons (Fsp3) is 0.0714. The van der Waals surface area contributed by atoms with Crippen LogP contribution >= 0.6 is 12.6 Å². The van der Waals surface area contributed by atoms with E-state index in [9.17, 15) is 4.79 Å². The van der Waals surface area contributed by atoms with Gasteiger partial charge in [0.1, 0.15) is 5.75 Å². The number of ether oxygens (including phenoxy) is 1. The van der Waals surface area contributed by atoms with Crippen LogP contribution in [0.1, 0.15) is 10.4 Å². The second-order valence-electron chi connectivity index (χ2n) is 3.70. The summed E-state index contributed by atoms with van der Waals surface area (Å²) < 4.78 is 5.15. The van der Waals surface area contributed by atoms with Crippen molar-refractivity contribution in [1.82, 2.24) is 0 Å². The number of nitrogens with one attached hydrogen (secondary N) is 1. The van der Waals surface area contributed by atoms with Crippen LogP contribution < -0.4 is 10.1 Å². The molecule has 0 aliphatic rings. The summed E-state index contributed by atoms with van der Waals surface area (Å²) in [5.74, 6) is 0.361. The molecule has 92 valence electrons. The van der Waals surface area contributed by atoms with Gasteiger partial charge >= 0.3 is 0 Å². The number of para-hydroxylation sites is 1. The largest absolute Gasteiger partial charge is 0.496 e. The lowest BCUT2D eigenvalue weighted by atomic mass is 10.2. The first-order valence-corrected chi connectivity index (χ1v) is 5.89. The number of amides is 1. The molecule has 1 N–H and O–H groups in total. The van der Waals surface area contributed by atoms with Crippen molar-refractivity contribution in [3.8, 4) is 5.75 Å². The number of benzene rings is 2. The van der Waals surface area contributed by atoms with Crippen molar-refractivity contribution in [3.63, 3.8) is 0 Å². The second kappa shape index (κ2) is 5.60. The molecule has 4 heteroatoms. The number of anilines is 1. The molecule has 0 saturated heterocycles. The summed E-state index contributed by atoms with van der Waals surface area (Å²) in [6.07, 6.45) is 0. The molecule has 0 aliphatic heterocycles. The molecule has 0 radical (unpaired) electrons. The Kier molecular flexibility index (Phi) is 3.89. The van der Waals surface area contributed by atoms with E-state index in [0.717, 1.165) is 10.6 Å². The fourth-order valence-corrected chi connectivity index (χ4v) is 1.72. The van der Waals surface area contributed by atoms with Crippen molar-refractivity contribution >= 4 is 24.2 Å². The second-order valence-corrected chi connectivity index (χ2v) is 4.22. The number of methoxy groups -OCH3 is 1. The van der Waals surface area contributed by atoms with E-state index in [4.69, 9.17) is 4.74 Å². The molecule has 18 heavy (non-hydrogen) atoms. The third-order valence-corrected chi connectivity index (χ3v) is 2.77. The first-order valence-electron chi connectivity index (χ1n) is 5.44. The van der Waals surface area contributed by atoms with Crippen molar-refractivity contribution in [2.45, 2.75) is 4.90 Å². The maximum absolute atomic E-state index is 12.1. The Bertz CT molecular complexity index is 552. The minimum atomic E-state index is -0.195. The molecule has 0 saturated carbocycles. The van der Waals surface area contributed by atoms with Gasteiger partial charge in [-0.15, -0.1) is 12.6 Å². The molecule has 2 aromatic rings. The van der Waals surface area contributed by atoms with Crippen molar-refractivity contribution < 1.29 is 9.53 Å². The predicted molar refractivity (Wildman–Crippen MR) is 74.6 cm³/mol. The Morgan fingerprint density at radius 3 is 2.44 bits per heavy atom. The van der Waals surface area contributed by atoms with E-state index in [1.807, 2.05) is 18.2 Å². The van der Waals surface area contributed by atoms with E-state index >= 15 is 0 Å². The molecule has 0 unspecified atom stereocenters. The molecular formula is C14H13NO2S. The molecule has 0 atom stereocenters. The molecule has 1 amide bonds. The maximum atomic E-state index is 12.1. The zero-order valence-electron chi connectivity index (χ0n) is 9.88. The van der Waals surface area contributed by atoms with Gasteiger partial charge in [0.25, 0.3) is 5.91 Å². The third-order valence-electron chi connectivity index (χ3n) is 2.48. The lowest BCUT2D eigenvalue weighted by molar-refractivity contribution is 0.102. The molecule has 0 bridgehead atoms. The van der Waals surface area contributed by atoms with Crippen LogP contribution in [0.15, 0.2) is 53.4 Å². The number of hydrogen-bond donors (Lipinski definition) is 2. The first-order chi connectivity index (χ1) is 8.70. The molecule has 0 spiro atoms. The Labute approximate surface area is 111 Å². The molecule has 3 nitrogen and oxygen atoms in total. The first kappa shape index (κ1) is 12.5. The summed E-state index contributed by atoms with van der Waals surface area (Å²) in [4.78, 5) is 12.9. The quantitative estimate of drug-likeness (QED) is 0.830. The number of rotatable bonds is 3. The van der Waals surface area contributed by atoms with Crippen LogP contribution in [0, 0.1) is 0 Å². The Morgan fingerprint density at radius 2 is 1.78 bits per heavy atom. The third kappa shape index (κ3) is 2.84. The van der Waals surface area contributed by atoms with E-state index in [1.54, 1.807) is 37.4 Å². The minimum absolute atomic E-state index is 0.195. The topological polar surface area (TPSA) is 38.3 Å². The summed E-state index contributed by atoms with van der Waals surface area (Å²) in [6, 6.07) is 14.3. The average Bonchev–Trinajstić information content (AvgIpc) is 2.41. The van der Waals surface area contributed by atoms with Crippen LogP contribution in [0.5, 0.6) is 5.75 Å². The number of thiol groups is 1. The van der Waals surface area contributed by atoms with E-state index in [1.165, 1.54) is 0 Å². The van der Waals surface area contributed by atoms with E-state index in [-0.39, 0.29) is 5.91 Å². The van der Waals surface area contributed by atoms with E-state index in [2.05, 4.69) is 17.9 Å². The van der Waals surface area contributed by atoms with Gasteiger partial charge in [-0.2, -0.15) is 0 Å². The number of carbonyl (C=O) groups is 1. The van der Waals surface area contributed by atoms with Crippen LogP contribution in [-0.4, -0.2) is 13.0 Å². The summed E-state index contributed by atoms with van der Waals surface area (Å²) >= 11 is 4.19. The van der Waals surface area contributed by atoms with Gasteiger partial charge in [0, 0.05) is 10.6 Å². The summed E-state index contributed by atoms with van der Waals surface area (Å²) in [5, 5.41) is 2.81. The lowest BCUT2D eigenvalue weighted by Gasteiger charge is -2.09. The average molecular weight is 259 g/mol. The maximum Gasteiger partial charge on any atom is 0.259 e. The highest BCUT2D eigenvalue weighted by Crippen LogP contribution is 2.19. The van der Waals surface area contributed by atoms with Crippen LogP contribution in [0.3, 0.4) is 0 Å². The Balaban J connectivity index is 2.19. The van der Waals surface area contributed by atoms with Gasteiger partial charge in [-0.05, 0) is 36.4 Å². The normalized spacial score (nSPS) is 9.89. The van der Waals surface area contributed by atoms with Crippen molar-refractivity contribution in [2.24, 2.45) is 0 Å². The van der Waals surface area contributed by atoms with Crippen LogP contribution in [0.2, 0.25) is 0 Å². The van der Waals surface area contributed by atoms with Crippen LogP contribution in [0.25, 0.3) is 0 Å². The zero-order chi connectivity index (χ0) is 13.0. The van der Waals surface area contributed by atoms with Gasteiger partial charge in [-0.25, -0.2) is 0 Å². The molecule has 0 aliphatic carbocycles. The summed E-state index contributed by atoms with van der Waals surface area (Å²) in [5.41, 5.74) is 1.23. The van der Waals surface area contributed by atoms with Gasteiger partial charge in [0.05, 0.1) is 12.7 Å². The van der Waals surface area contributed by atoms with Gasteiger partial charge in [0.2, 0.25) is 0 Å². The molecule has 2 aromatic carbocycles. The van der Waals surface area contributed by atoms with Gasteiger partial charge < -0.3 is 10.1 Å². The van der Waals surface area contributed by atoms with Gasteiger partial charge in [-0.1, -0.05) is 12.1 Å². The van der Waals surface area contributed by atoms with Crippen molar-refractivity contribution in [1.29, 1.82) is 0 Å². The van der Waals surface area contributed by atoms with Crippen molar-refractivity contribution in [2.75, 3.05) is 12.4 Å². The Hall–Kier alpha value is -1.94. The van der Waals surface area contributed by atoms with Crippen LogP contribution in [0.4, 0.5) is 5.69 Å². The highest BCUT2D eigenvalue weighted by atomic mass is 32.1. The zero-order valence-corrected chi connectivity index (χ0v) is 10.8. The van der Waals surface area contributed by atoms with E-state index in [0.29, 0.717) is 11.3 Å². The highest BCUT2D eigenvalue weighted by molar-refractivity contribution is 7.80. The monoisotopic (exact) mass is 259 g/mol. The molecule has 0 fully saturated rings. The molecule has 2 rings (SSSR count). The number of hydrogen-bond acceptors (Lipinski definition) is 3. The molecule has 0 aromatic heterocycles. The SMILES string of the molecule is COc1ccccc1C(=O)Nc1ccc(S)cc1. The van der Waals surface area contributed by atoms with Crippen molar-refractivity contribution in [3.05, 3.63) is 54.1 Å². The highest BCUT2D eigenvalue weighted by Gasteiger charge is 2.11. The van der Waals surface area contributed by atoms with Gasteiger partial charge in [-0.3, -0.25) is 4.79 Å². The van der Waals surface area contributed by atoms with Gasteiger partial charge in [0.15, 0.2) is 0 Å². The summed E-state index contributed by atoms with van der Waals surface area (Å²) in [7, 11) is 1.54. The standard InChI is InChI=1S/C14H13NO2S/c1-17-13-5-3-2-4-12(13)14(16)15-10-6-8-11(18)9-7-10/h2-9,18H,1H3,(H,15,16). The van der Waals surface area contributed by atoms with E-state index < -0.39 is 0 Å². The smallest absolute Gasteiger partial charge is 0.259 e. The van der Waals surface area contributed by atoms with Crippen LogP contribution in [-0.2, 0) is 0 Å². The molecular weight excluding hydrogens is 246 g/mol. The minimum Gasteiger partial charge on any atom is -0.496 e. The predicted octanol–water partition coefficient (Wildman–Crippen LogP) is 3.24. The fourth-order valence-electron chi connectivity index (χ4n) is 1.58. The molecule has 0 heterocycles.